The summed E-state index contributed by atoms with van der Waals surface area (Å²) in [6.45, 7) is 4.65. The second-order valence-electron chi connectivity index (χ2n) is 6.05. The quantitative estimate of drug-likeness (QED) is 0.770. The van der Waals surface area contributed by atoms with Crippen LogP contribution in [0.5, 0.6) is 0 Å². The molecule has 1 fully saturated rings. The first-order valence-electron chi connectivity index (χ1n) is 7.52. The fourth-order valence-electron chi connectivity index (χ4n) is 2.77. The third-order valence-corrected chi connectivity index (χ3v) is 5.75. The van der Waals surface area contributed by atoms with Crippen LogP contribution in [0.25, 0.3) is 0 Å². The van der Waals surface area contributed by atoms with Crippen LogP contribution in [0.15, 0.2) is 12.4 Å². The Kier molecular flexibility index (Phi) is 5.60. The molecule has 2 atom stereocenters. The molecule has 1 aliphatic rings. The zero-order chi connectivity index (χ0) is 16.3. The third-order valence-electron chi connectivity index (χ3n) is 3.98. The zero-order valence-corrected chi connectivity index (χ0v) is 14.2. The van der Waals surface area contributed by atoms with Gasteiger partial charge in [0.05, 0.1) is 24.7 Å². The second-order valence-corrected chi connectivity index (χ2v) is 8.14. The number of rotatable bonds is 7. The number of hydrogen-bond donors (Lipinski definition) is 1. The summed E-state index contributed by atoms with van der Waals surface area (Å²) in [5, 5.41) is 13.7. The molecule has 0 saturated carbocycles. The summed E-state index contributed by atoms with van der Waals surface area (Å²) in [7, 11) is -1.54. The summed E-state index contributed by atoms with van der Waals surface area (Å²) in [6.07, 6.45) is 3.64. The lowest BCUT2D eigenvalue weighted by atomic mass is 9.92. The van der Waals surface area contributed by atoms with Gasteiger partial charge in [-0.15, -0.1) is 0 Å². The Morgan fingerprint density at radius 2 is 2.18 bits per heavy atom. The fourth-order valence-corrected chi connectivity index (χ4v) is 4.14. The van der Waals surface area contributed by atoms with Gasteiger partial charge in [0.25, 0.3) is 0 Å². The van der Waals surface area contributed by atoms with E-state index in [0.29, 0.717) is 13.1 Å². The summed E-state index contributed by atoms with van der Waals surface area (Å²) in [6, 6.07) is 0. The third kappa shape index (κ3) is 4.07. The van der Waals surface area contributed by atoms with Crippen LogP contribution < -0.4 is 0 Å². The molecule has 0 spiro atoms. The van der Waals surface area contributed by atoms with Crippen LogP contribution in [-0.4, -0.2) is 65.8 Å². The molecule has 1 aliphatic heterocycles. The molecule has 0 bridgehead atoms. The molecule has 0 radical (unpaired) electrons. The van der Waals surface area contributed by atoms with Gasteiger partial charge in [0.15, 0.2) is 0 Å². The van der Waals surface area contributed by atoms with Crippen molar-refractivity contribution in [3.05, 3.63) is 18.0 Å². The van der Waals surface area contributed by atoms with Gasteiger partial charge in [-0.3, -0.25) is 4.68 Å². The monoisotopic (exact) mass is 331 g/mol. The van der Waals surface area contributed by atoms with Crippen LogP contribution in [0.4, 0.5) is 0 Å². The molecular weight excluding hydrogens is 306 g/mol. The van der Waals surface area contributed by atoms with E-state index in [9.17, 15) is 13.5 Å². The van der Waals surface area contributed by atoms with E-state index in [1.165, 1.54) is 4.31 Å². The maximum Gasteiger partial charge on any atom is 0.216 e. The minimum absolute atomic E-state index is 0.0144. The first-order valence-corrected chi connectivity index (χ1v) is 9.13. The number of aromatic nitrogens is 2. The maximum absolute atomic E-state index is 12.4. The van der Waals surface area contributed by atoms with E-state index in [-0.39, 0.29) is 36.9 Å². The van der Waals surface area contributed by atoms with Crippen molar-refractivity contribution in [2.75, 3.05) is 32.1 Å². The summed E-state index contributed by atoms with van der Waals surface area (Å²) < 4.78 is 33.3. The molecule has 1 aromatic rings. The Bertz CT molecular complexity index is 585. The van der Waals surface area contributed by atoms with Crippen LogP contribution in [0.2, 0.25) is 0 Å². The van der Waals surface area contributed by atoms with E-state index in [1.54, 1.807) is 10.9 Å². The normalized spacial score (nSPS) is 23.5. The van der Waals surface area contributed by atoms with Gasteiger partial charge in [0, 0.05) is 44.8 Å². The zero-order valence-electron chi connectivity index (χ0n) is 13.3. The van der Waals surface area contributed by atoms with Crippen LogP contribution in [0, 0.1) is 5.92 Å². The molecule has 0 unspecified atom stereocenters. The molecular formula is C14H25N3O4S. The van der Waals surface area contributed by atoms with E-state index in [4.69, 9.17) is 4.74 Å². The van der Waals surface area contributed by atoms with Gasteiger partial charge in [-0.1, -0.05) is 0 Å². The highest BCUT2D eigenvalue weighted by Gasteiger charge is 2.39. The van der Waals surface area contributed by atoms with E-state index >= 15 is 0 Å². The summed E-state index contributed by atoms with van der Waals surface area (Å²) in [4.78, 5) is 0. The standard InChI is InChI=1S/C14H25N3O4S/c1-11(2)21-4-5-22(19,20)17-8-13(10-18)14(9-17)12-6-15-16(3)7-12/h6-7,11,13-14,18H,4-5,8-10H2,1-3H3/t13-,14-/m0/s1. The van der Waals surface area contributed by atoms with E-state index in [2.05, 4.69) is 5.10 Å². The molecule has 1 aromatic heterocycles. The predicted octanol–water partition coefficient (Wildman–Crippen LogP) is 0.183. The minimum Gasteiger partial charge on any atom is -0.396 e. The lowest BCUT2D eigenvalue weighted by molar-refractivity contribution is 0.0907. The number of nitrogens with zero attached hydrogens (tertiary/aromatic N) is 3. The first-order chi connectivity index (χ1) is 10.3. The molecule has 126 valence electrons. The van der Waals surface area contributed by atoms with Crippen LogP contribution in [0.1, 0.15) is 25.3 Å². The van der Waals surface area contributed by atoms with Crippen LogP contribution in [0.3, 0.4) is 0 Å². The topological polar surface area (TPSA) is 84.7 Å². The highest BCUT2D eigenvalue weighted by Crippen LogP contribution is 2.33. The molecule has 0 aromatic carbocycles. The largest absolute Gasteiger partial charge is 0.396 e. The van der Waals surface area contributed by atoms with Crippen molar-refractivity contribution in [2.24, 2.45) is 13.0 Å². The van der Waals surface area contributed by atoms with Gasteiger partial charge < -0.3 is 9.84 Å². The number of ether oxygens (including phenoxy) is 1. The molecule has 8 heteroatoms. The summed E-state index contributed by atoms with van der Waals surface area (Å²) >= 11 is 0. The van der Waals surface area contributed by atoms with Crippen LogP contribution >= 0.6 is 0 Å². The fraction of sp³-hybridized carbons (Fsp3) is 0.786. The van der Waals surface area contributed by atoms with Crippen molar-refractivity contribution in [1.82, 2.24) is 14.1 Å². The molecule has 2 rings (SSSR count). The van der Waals surface area contributed by atoms with Gasteiger partial charge in [-0.05, 0) is 19.4 Å². The molecule has 1 N–H and O–H groups in total. The number of aliphatic hydroxyl groups is 1. The lowest BCUT2D eigenvalue weighted by Gasteiger charge is -2.17. The average Bonchev–Trinajstić information content (AvgIpc) is 3.03. The summed E-state index contributed by atoms with van der Waals surface area (Å²) in [5.41, 5.74) is 0.970. The smallest absolute Gasteiger partial charge is 0.216 e. The second kappa shape index (κ2) is 7.08. The van der Waals surface area contributed by atoms with E-state index in [1.807, 2.05) is 27.1 Å². The number of aryl methyl sites for hydroxylation is 1. The van der Waals surface area contributed by atoms with Crippen molar-refractivity contribution in [3.8, 4) is 0 Å². The number of hydrogen-bond acceptors (Lipinski definition) is 5. The minimum atomic E-state index is -3.36. The van der Waals surface area contributed by atoms with Gasteiger partial charge >= 0.3 is 0 Å². The van der Waals surface area contributed by atoms with Gasteiger partial charge in [-0.25, -0.2) is 12.7 Å². The van der Waals surface area contributed by atoms with Crippen LogP contribution in [-0.2, 0) is 21.8 Å². The Hall–Kier alpha value is -0.960. The van der Waals surface area contributed by atoms with E-state index < -0.39 is 10.0 Å². The molecule has 0 aliphatic carbocycles. The highest BCUT2D eigenvalue weighted by atomic mass is 32.2. The highest BCUT2D eigenvalue weighted by molar-refractivity contribution is 7.89. The molecule has 22 heavy (non-hydrogen) atoms. The van der Waals surface area contributed by atoms with Crippen molar-refractivity contribution in [2.45, 2.75) is 25.9 Å². The van der Waals surface area contributed by atoms with Gasteiger partial charge in [-0.2, -0.15) is 5.10 Å². The van der Waals surface area contributed by atoms with Crippen molar-refractivity contribution < 1.29 is 18.3 Å². The number of sulfonamides is 1. The molecule has 1 saturated heterocycles. The van der Waals surface area contributed by atoms with Crippen molar-refractivity contribution >= 4 is 10.0 Å². The lowest BCUT2D eigenvalue weighted by Crippen LogP contribution is -2.33. The van der Waals surface area contributed by atoms with Gasteiger partial charge in [0.2, 0.25) is 10.0 Å². The number of aliphatic hydroxyl groups excluding tert-OH is 1. The first kappa shape index (κ1) is 17.4. The SMILES string of the molecule is CC(C)OCCS(=O)(=O)N1C[C@@H](CO)[C@H](c2cnn(C)c2)C1. The molecule has 0 amide bonds. The van der Waals surface area contributed by atoms with Gasteiger partial charge in [0.1, 0.15) is 0 Å². The maximum atomic E-state index is 12.4. The Labute approximate surface area is 131 Å². The molecule has 7 nitrogen and oxygen atoms in total. The molecule has 2 heterocycles. The Morgan fingerprint density at radius 3 is 2.73 bits per heavy atom. The van der Waals surface area contributed by atoms with Crippen molar-refractivity contribution in [3.63, 3.8) is 0 Å². The average molecular weight is 331 g/mol. The predicted molar refractivity (Wildman–Crippen MR) is 83.0 cm³/mol. The van der Waals surface area contributed by atoms with Crippen molar-refractivity contribution in [1.29, 1.82) is 0 Å². The Morgan fingerprint density at radius 1 is 1.45 bits per heavy atom. The Balaban J connectivity index is 2.04. The summed E-state index contributed by atoms with van der Waals surface area (Å²) in [5.74, 6) is -0.132. The van der Waals surface area contributed by atoms with E-state index in [0.717, 1.165) is 5.56 Å².